The van der Waals surface area contributed by atoms with Crippen LogP contribution < -0.4 is 10.6 Å². The predicted molar refractivity (Wildman–Crippen MR) is 64.0 cm³/mol. The van der Waals surface area contributed by atoms with Gasteiger partial charge in [-0.25, -0.2) is 9.59 Å². The van der Waals surface area contributed by atoms with Crippen LogP contribution in [-0.2, 0) is 9.53 Å². The number of carbonyl (C=O) groups excluding carboxylic acids is 1. The average molecular weight is 246 g/mol. The first-order valence-corrected chi connectivity index (χ1v) is 5.88. The van der Waals surface area contributed by atoms with Gasteiger partial charge < -0.3 is 20.5 Å². The summed E-state index contributed by atoms with van der Waals surface area (Å²) in [5, 5.41) is 13.7. The number of carbonyl (C=O) groups is 2. The summed E-state index contributed by atoms with van der Waals surface area (Å²) in [6, 6.07) is -1.47. The summed E-state index contributed by atoms with van der Waals surface area (Å²) in [5.41, 5.74) is 0. The summed E-state index contributed by atoms with van der Waals surface area (Å²) in [7, 11) is 1.39. The second-order valence-corrected chi connectivity index (χ2v) is 3.81. The fourth-order valence-corrected chi connectivity index (χ4v) is 1.30. The third kappa shape index (κ3) is 8.50. The highest BCUT2D eigenvalue weighted by Gasteiger charge is 2.18. The van der Waals surface area contributed by atoms with Gasteiger partial charge in [-0.2, -0.15) is 0 Å². The van der Waals surface area contributed by atoms with E-state index in [4.69, 9.17) is 9.84 Å². The number of ether oxygens (including phenoxy) is 1. The van der Waals surface area contributed by atoms with Gasteiger partial charge in [0.1, 0.15) is 0 Å². The van der Waals surface area contributed by atoms with Crippen LogP contribution in [0.4, 0.5) is 4.79 Å². The van der Waals surface area contributed by atoms with Gasteiger partial charge in [-0.3, -0.25) is 0 Å². The number of carboxylic acids is 1. The minimum absolute atomic E-state index is 0.0431. The molecule has 0 heterocycles. The molecular weight excluding hydrogens is 224 g/mol. The number of amides is 2. The molecule has 0 aliphatic carbocycles. The van der Waals surface area contributed by atoms with E-state index < -0.39 is 18.0 Å². The molecule has 0 aliphatic heterocycles. The van der Waals surface area contributed by atoms with Crippen molar-refractivity contribution < 1.29 is 19.4 Å². The lowest BCUT2D eigenvalue weighted by molar-refractivity contribution is -0.140. The lowest BCUT2D eigenvalue weighted by atomic mass is 10.2. The smallest absolute Gasteiger partial charge is 0.328 e. The standard InChI is InChI=1S/C11H22N2O4/c1-3-4-5-6-7-12-11(16)13-9(8-17-2)10(14)15/h9H,3-8H2,1-2H3,(H,14,15)(H2,12,13,16). The lowest BCUT2D eigenvalue weighted by Crippen LogP contribution is -2.48. The zero-order valence-corrected chi connectivity index (χ0v) is 10.5. The van der Waals surface area contributed by atoms with Crippen molar-refractivity contribution in [3.63, 3.8) is 0 Å². The van der Waals surface area contributed by atoms with Crippen LogP contribution in [0.2, 0.25) is 0 Å². The molecule has 2 amide bonds. The van der Waals surface area contributed by atoms with Gasteiger partial charge in [0.2, 0.25) is 0 Å². The van der Waals surface area contributed by atoms with E-state index in [9.17, 15) is 9.59 Å². The molecule has 0 aromatic heterocycles. The minimum atomic E-state index is -1.10. The summed E-state index contributed by atoms with van der Waals surface area (Å²) in [6.07, 6.45) is 4.26. The monoisotopic (exact) mass is 246 g/mol. The number of methoxy groups -OCH3 is 1. The number of rotatable bonds is 9. The number of urea groups is 1. The SMILES string of the molecule is CCCCCCNC(=O)NC(COC)C(=O)O. The van der Waals surface area contributed by atoms with E-state index in [1.54, 1.807) is 0 Å². The van der Waals surface area contributed by atoms with Gasteiger partial charge >= 0.3 is 12.0 Å². The first kappa shape index (κ1) is 15.7. The third-order valence-electron chi connectivity index (χ3n) is 2.25. The van der Waals surface area contributed by atoms with Crippen molar-refractivity contribution in [1.82, 2.24) is 10.6 Å². The maximum absolute atomic E-state index is 11.3. The van der Waals surface area contributed by atoms with Crippen molar-refractivity contribution in [2.24, 2.45) is 0 Å². The number of unbranched alkanes of at least 4 members (excludes halogenated alkanes) is 3. The Morgan fingerprint density at radius 2 is 2.00 bits per heavy atom. The zero-order valence-electron chi connectivity index (χ0n) is 10.5. The molecule has 17 heavy (non-hydrogen) atoms. The van der Waals surface area contributed by atoms with E-state index in [2.05, 4.69) is 17.6 Å². The van der Waals surface area contributed by atoms with Gasteiger partial charge in [0.05, 0.1) is 6.61 Å². The number of hydrogen-bond acceptors (Lipinski definition) is 3. The Morgan fingerprint density at radius 3 is 2.53 bits per heavy atom. The highest BCUT2D eigenvalue weighted by atomic mass is 16.5. The van der Waals surface area contributed by atoms with Crippen LogP contribution in [0.25, 0.3) is 0 Å². The van der Waals surface area contributed by atoms with Crippen LogP contribution in [0.3, 0.4) is 0 Å². The molecule has 0 fully saturated rings. The summed E-state index contributed by atoms with van der Waals surface area (Å²) in [4.78, 5) is 22.0. The highest BCUT2D eigenvalue weighted by molar-refractivity contribution is 5.82. The molecular formula is C11H22N2O4. The third-order valence-corrected chi connectivity index (χ3v) is 2.25. The first-order valence-electron chi connectivity index (χ1n) is 5.88. The Kier molecular flexibility index (Phi) is 9.14. The highest BCUT2D eigenvalue weighted by Crippen LogP contribution is 1.96. The van der Waals surface area contributed by atoms with Crippen molar-refractivity contribution >= 4 is 12.0 Å². The molecule has 3 N–H and O–H groups in total. The van der Waals surface area contributed by atoms with Gasteiger partial charge in [0.25, 0.3) is 0 Å². The van der Waals surface area contributed by atoms with Gasteiger partial charge in [-0.05, 0) is 6.42 Å². The number of hydrogen-bond donors (Lipinski definition) is 3. The van der Waals surface area contributed by atoms with Crippen molar-refractivity contribution in [1.29, 1.82) is 0 Å². The van der Waals surface area contributed by atoms with E-state index in [1.807, 2.05) is 0 Å². The van der Waals surface area contributed by atoms with Crippen LogP contribution in [0.1, 0.15) is 32.6 Å². The molecule has 0 rings (SSSR count). The Hall–Kier alpha value is -1.30. The number of aliphatic carboxylic acids is 1. The number of nitrogens with one attached hydrogen (secondary N) is 2. The van der Waals surface area contributed by atoms with E-state index >= 15 is 0 Å². The molecule has 0 bridgehead atoms. The van der Waals surface area contributed by atoms with Gasteiger partial charge in [0, 0.05) is 13.7 Å². The first-order chi connectivity index (χ1) is 8.11. The Morgan fingerprint density at radius 1 is 1.29 bits per heavy atom. The molecule has 1 atom stereocenters. The molecule has 0 saturated carbocycles. The molecule has 0 aromatic carbocycles. The molecule has 0 saturated heterocycles. The van der Waals surface area contributed by atoms with Gasteiger partial charge in [-0.1, -0.05) is 26.2 Å². The van der Waals surface area contributed by atoms with Crippen LogP contribution in [-0.4, -0.2) is 43.4 Å². The summed E-state index contributed by atoms with van der Waals surface area (Å²) < 4.78 is 4.70. The Balaban J connectivity index is 3.71. The van der Waals surface area contributed by atoms with Crippen molar-refractivity contribution in [3.05, 3.63) is 0 Å². The molecule has 6 heteroatoms. The molecule has 6 nitrogen and oxygen atoms in total. The topological polar surface area (TPSA) is 87.7 Å². The quantitative estimate of drug-likeness (QED) is 0.529. The van der Waals surface area contributed by atoms with Crippen molar-refractivity contribution in [3.8, 4) is 0 Å². The summed E-state index contributed by atoms with van der Waals surface area (Å²) >= 11 is 0. The maximum Gasteiger partial charge on any atom is 0.328 e. The predicted octanol–water partition coefficient (Wildman–Crippen LogP) is 0.965. The van der Waals surface area contributed by atoms with Gasteiger partial charge in [0.15, 0.2) is 6.04 Å². The van der Waals surface area contributed by atoms with E-state index in [0.29, 0.717) is 6.54 Å². The number of carboxylic acid groups (broad SMARTS) is 1. The van der Waals surface area contributed by atoms with E-state index in [0.717, 1.165) is 25.7 Å². The molecule has 0 radical (unpaired) electrons. The van der Waals surface area contributed by atoms with E-state index in [-0.39, 0.29) is 6.61 Å². The van der Waals surface area contributed by atoms with Crippen molar-refractivity contribution in [2.45, 2.75) is 38.6 Å². The largest absolute Gasteiger partial charge is 0.480 e. The fraction of sp³-hybridized carbons (Fsp3) is 0.818. The molecule has 100 valence electrons. The van der Waals surface area contributed by atoms with Gasteiger partial charge in [-0.15, -0.1) is 0 Å². The van der Waals surface area contributed by atoms with Crippen LogP contribution in [0.5, 0.6) is 0 Å². The van der Waals surface area contributed by atoms with E-state index in [1.165, 1.54) is 7.11 Å². The second-order valence-electron chi connectivity index (χ2n) is 3.81. The molecule has 0 aromatic rings. The second kappa shape index (κ2) is 9.89. The van der Waals surface area contributed by atoms with Crippen molar-refractivity contribution in [2.75, 3.05) is 20.3 Å². The molecule has 0 aliphatic rings. The van der Waals surface area contributed by atoms with Crippen LogP contribution in [0, 0.1) is 0 Å². The van der Waals surface area contributed by atoms with Crippen LogP contribution in [0.15, 0.2) is 0 Å². The fourth-order valence-electron chi connectivity index (χ4n) is 1.30. The zero-order chi connectivity index (χ0) is 13.1. The van der Waals surface area contributed by atoms with Crippen LogP contribution >= 0.6 is 0 Å². The summed E-state index contributed by atoms with van der Waals surface area (Å²) in [5.74, 6) is -1.10. The summed E-state index contributed by atoms with van der Waals surface area (Å²) in [6.45, 7) is 2.63. The Labute approximate surface area is 102 Å². The molecule has 1 unspecified atom stereocenters. The minimum Gasteiger partial charge on any atom is -0.480 e. The molecule has 0 spiro atoms. The normalized spacial score (nSPS) is 11.9. The maximum atomic E-state index is 11.3. The lowest BCUT2D eigenvalue weighted by Gasteiger charge is -2.14. The average Bonchev–Trinajstić information content (AvgIpc) is 2.28. The Bertz CT molecular complexity index is 234.